The van der Waals surface area contributed by atoms with Gasteiger partial charge in [-0.1, -0.05) is 48.0 Å². The van der Waals surface area contributed by atoms with Crippen LogP contribution in [0.25, 0.3) is 0 Å². The van der Waals surface area contributed by atoms with Crippen LogP contribution in [0.15, 0.2) is 54.6 Å². The summed E-state index contributed by atoms with van der Waals surface area (Å²) in [6.07, 6.45) is 1.38. The lowest BCUT2D eigenvalue weighted by molar-refractivity contribution is 0.0401. The third-order valence-corrected chi connectivity index (χ3v) is 4.63. The van der Waals surface area contributed by atoms with E-state index in [0.717, 1.165) is 30.5 Å². The first-order valence-electron chi connectivity index (χ1n) is 8.24. The van der Waals surface area contributed by atoms with Gasteiger partial charge in [0.1, 0.15) is 0 Å². The summed E-state index contributed by atoms with van der Waals surface area (Å²) in [4.78, 5) is 14.5. The molecule has 0 radical (unpaired) electrons. The Morgan fingerprint density at radius 3 is 2.52 bits per heavy atom. The molecule has 1 N–H and O–H groups in total. The molecule has 1 saturated heterocycles. The zero-order valence-electron chi connectivity index (χ0n) is 13.5. The van der Waals surface area contributed by atoms with E-state index in [1.54, 1.807) is 0 Å². The molecule has 23 heavy (non-hydrogen) atoms. The number of nitrogens with zero attached hydrogens (tertiary/aromatic N) is 1. The Morgan fingerprint density at radius 2 is 1.83 bits per heavy atom. The summed E-state index contributed by atoms with van der Waals surface area (Å²) in [5.74, 6) is 0.158. The second kappa shape index (κ2) is 6.97. The average molecular weight is 309 g/mol. The number of benzene rings is 2. The molecule has 0 aromatic heterocycles. The molecule has 0 bridgehead atoms. The van der Waals surface area contributed by atoms with Gasteiger partial charge in [-0.3, -0.25) is 4.79 Å². The number of hydrogen-bond acceptors (Lipinski definition) is 2. The number of amides is 1. The van der Waals surface area contributed by atoms with Crippen molar-refractivity contribution < 1.29 is 9.90 Å². The zero-order chi connectivity index (χ0) is 16.2. The lowest BCUT2D eigenvalue weighted by Crippen LogP contribution is -2.41. The Labute approximate surface area is 137 Å². The van der Waals surface area contributed by atoms with Crippen molar-refractivity contribution in [3.63, 3.8) is 0 Å². The van der Waals surface area contributed by atoms with Crippen LogP contribution in [0.5, 0.6) is 0 Å². The number of piperidine rings is 1. The van der Waals surface area contributed by atoms with Crippen LogP contribution in [-0.4, -0.2) is 29.0 Å². The van der Waals surface area contributed by atoms with E-state index in [2.05, 4.69) is 0 Å². The Bertz CT molecular complexity index is 651. The maximum Gasteiger partial charge on any atom is 0.253 e. The number of aryl methyl sites for hydroxylation is 1. The summed E-state index contributed by atoms with van der Waals surface area (Å²) in [6.45, 7) is 3.42. The summed E-state index contributed by atoms with van der Waals surface area (Å²) in [5, 5.41) is 10.7. The van der Waals surface area contributed by atoms with Gasteiger partial charge >= 0.3 is 0 Å². The first-order valence-corrected chi connectivity index (χ1v) is 8.24. The predicted octanol–water partition coefficient (Wildman–Crippen LogP) is 3.58. The number of rotatable bonds is 3. The van der Waals surface area contributed by atoms with E-state index < -0.39 is 6.10 Å². The first-order chi connectivity index (χ1) is 11.1. The van der Waals surface area contributed by atoms with Gasteiger partial charge in [-0.05, 0) is 37.5 Å². The van der Waals surface area contributed by atoms with E-state index >= 15 is 0 Å². The molecule has 1 aliphatic heterocycles. The summed E-state index contributed by atoms with van der Waals surface area (Å²) in [5.41, 5.74) is 2.85. The normalized spacial score (nSPS) is 19.4. The molecule has 0 saturated carbocycles. The van der Waals surface area contributed by atoms with Crippen LogP contribution in [0.3, 0.4) is 0 Å². The second-order valence-electron chi connectivity index (χ2n) is 6.38. The van der Waals surface area contributed by atoms with Gasteiger partial charge in [-0.2, -0.15) is 0 Å². The van der Waals surface area contributed by atoms with Crippen LogP contribution in [0, 0.1) is 12.8 Å². The summed E-state index contributed by atoms with van der Waals surface area (Å²) < 4.78 is 0. The fraction of sp³-hybridized carbons (Fsp3) is 0.350. The van der Waals surface area contributed by atoms with Crippen molar-refractivity contribution in [3.8, 4) is 0 Å². The van der Waals surface area contributed by atoms with Gasteiger partial charge in [0.2, 0.25) is 0 Å². The molecule has 3 rings (SSSR count). The second-order valence-corrected chi connectivity index (χ2v) is 6.38. The molecule has 1 fully saturated rings. The van der Waals surface area contributed by atoms with E-state index in [1.165, 1.54) is 5.56 Å². The molecule has 1 unspecified atom stereocenters. The van der Waals surface area contributed by atoms with Gasteiger partial charge in [0.05, 0.1) is 6.10 Å². The number of aliphatic hydroxyl groups is 1. The Kier molecular flexibility index (Phi) is 4.77. The molecule has 2 aromatic rings. The van der Waals surface area contributed by atoms with Crippen LogP contribution in [0.2, 0.25) is 0 Å². The topological polar surface area (TPSA) is 40.5 Å². The maximum atomic E-state index is 12.6. The molecular weight excluding hydrogens is 286 g/mol. The quantitative estimate of drug-likeness (QED) is 0.941. The molecule has 1 heterocycles. The third kappa shape index (κ3) is 3.62. The van der Waals surface area contributed by atoms with Crippen molar-refractivity contribution in [1.29, 1.82) is 0 Å². The van der Waals surface area contributed by atoms with E-state index in [-0.39, 0.29) is 11.8 Å². The highest BCUT2D eigenvalue weighted by atomic mass is 16.3. The van der Waals surface area contributed by atoms with Crippen LogP contribution < -0.4 is 0 Å². The number of carbonyl (C=O) groups excluding carboxylic acids is 1. The van der Waals surface area contributed by atoms with Crippen molar-refractivity contribution in [2.24, 2.45) is 5.92 Å². The summed E-state index contributed by atoms with van der Waals surface area (Å²) >= 11 is 0. The minimum atomic E-state index is -0.512. The molecule has 0 aliphatic carbocycles. The molecule has 2 atom stereocenters. The highest BCUT2D eigenvalue weighted by Crippen LogP contribution is 2.30. The minimum Gasteiger partial charge on any atom is -0.388 e. The van der Waals surface area contributed by atoms with Gasteiger partial charge < -0.3 is 10.0 Å². The maximum absolute atomic E-state index is 12.6. The highest BCUT2D eigenvalue weighted by Gasteiger charge is 2.29. The van der Waals surface area contributed by atoms with E-state index in [1.807, 2.05) is 66.4 Å². The van der Waals surface area contributed by atoms with Crippen LogP contribution in [-0.2, 0) is 0 Å². The number of aliphatic hydroxyl groups excluding tert-OH is 1. The van der Waals surface area contributed by atoms with Crippen LogP contribution in [0.1, 0.15) is 40.4 Å². The molecular formula is C20H23NO2. The average Bonchev–Trinajstić information content (AvgIpc) is 2.62. The number of likely N-dealkylation sites (tertiary alicyclic amines) is 1. The van der Waals surface area contributed by atoms with Gasteiger partial charge in [0, 0.05) is 24.6 Å². The van der Waals surface area contributed by atoms with Crippen molar-refractivity contribution in [3.05, 3.63) is 71.3 Å². The van der Waals surface area contributed by atoms with Gasteiger partial charge in [-0.25, -0.2) is 0 Å². The minimum absolute atomic E-state index is 0.0615. The van der Waals surface area contributed by atoms with E-state index in [4.69, 9.17) is 0 Å². The van der Waals surface area contributed by atoms with Gasteiger partial charge in [-0.15, -0.1) is 0 Å². The Balaban J connectivity index is 1.70. The predicted molar refractivity (Wildman–Crippen MR) is 91.2 cm³/mol. The Morgan fingerprint density at radius 1 is 1.13 bits per heavy atom. The molecule has 0 spiro atoms. The lowest BCUT2D eigenvalue weighted by Gasteiger charge is -2.35. The fourth-order valence-electron chi connectivity index (χ4n) is 3.25. The van der Waals surface area contributed by atoms with E-state index in [0.29, 0.717) is 6.54 Å². The first kappa shape index (κ1) is 15.8. The van der Waals surface area contributed by atoms with Crippen molar-refractivity contribution >= 4 is 5.91 Å². The van der Waals surface area contributed by atoms with Crippen molar-refractivity contribution in [2.75, 3.05) is 13.1 Å². The smallest absolute Gasteiger partial charge is 0.253 e. The number of carbonyl (C=O) groups is 1. The van der Waals surface area contributed by atoms with Crippen molar-refractivity contribution in [2.45, 2.75) is 25.9 Å². The molecule has 3 nitrogen and oxygen atoms in total. The molecule has 2 aromatic carbocycles. The molecule has 1 aliphatic rings. The monoisotopic (exact) mass is 309 g/mol. The van der Waals surface area contributed by atoms with Gasteiger partial charge in [0.25, 0.3) is 5.91 Å². The molecule has 3 heteroatoms. The standard InChI is InChI=1S/C20H23NO2/c1-15-9-11-16(12-10-15)19(22)18-8-5-13-21(14-18)20(23)17-6-3-2-4-7-17/h2-4,6-7,9-12,18-19,22H,5,8,13-14H2,1H3/t18?,19-/m1/s1. The summed E-state index contributed by atoms with van der Waals surface area (Å²) in [6, 6.07) is 17.4. The lowest BCUT2D eigenvalue weighted by atomic mass is 9.88. The molecule has 120 valence electrons. The SMILES string of the molecule is Cc1ccc([C@@H](O)C2CCCN(C(=O)c3ccccc3)C2)cc1. The number of hydrogen-bond donors (Lipinski definition) is 1. The van der Waals surface area contributed by atoms with Crippen molar-refractivity contribution in [1.82, 2.24) is 4.90 Å². The largest absolute Gasteiger partial charge is 0.388 e. The van der Waals surface area contributed by atoms with Gasteiger partial charge in [0.15, 0.2) is 0 Å². The van der Waals surface area contributed by atoms with E-state index in [9.17, 15) is 9.90 Å². The fourth-order valence-corrected chi connectivity index (χ4v) is 3.25. The van der Waals surface area contributed by atoms with Crippen LogP contribution >= 0.6 is 0 Å². The Hall–Kier alpha value is -2.13. The zero-order valence-corrected chi connectivity index (χ0v) is 13.5. The highest BCUT2D eigenvalue weighted by molar-refractivity contribution is 5.94. The molecule has 1 amide bonds. The van der Waals surface area contributed by atoms with Crippen LogP contribution in [0.4, 0.5) is 0 Å². The summed E-state index contributed by atoms with van der Waals surface area (Å²) in [7, 11) is 0. The third-order valence-electron chi connectivity index (χ3n) is 4.63.